The van der Waals surface area contributed by atoms with Gasteiger partial charge in [0.2, 0.25) is 0 Å². The highest BCUT2D eigenvalue weighted by molar-refractivity contribution is 14.1. The van der Waals surface area contributed by atoms with Crippen LogP contribution < -0.4 is 5.32 Å². The lowest BCUT2D eigenvalue weighted by molar-refractivity contribution is 0.105. The molecule has 15 heavy (non-hydrogen) atoms. The van der Waals surface area contributed by atoms with E-state index < -0.39 is 6.10 Å². The highest BCUT2D eigenvalue weighted by Gasteiger charge is 2.04. The Morgan fingerprint density at radius 3 is 2.80 bits per heavy atom. The van der Waals surface area contributed by atoms with Gasteiger partial charge in [0, 0.05) is 15.8 Å². The molecule has 0 heterocycles. The molecule has 1 rings (SSSR count). The molecule has 1 unspecified atom stereocenters. The van der Waals surface area contributed by atoms with Gasteiger partial charge in [0.25, 0.3) is 0 Å². The minimum atomic E-state index is -0.700. The van der Waals surface area contributed by atoms with Crippen LogP contribution >= 0.6 is 22.6 Å². The summed E-state index contributed by atoms with van der Waals surface area (Å²) in [6.07, 6.45) is 0.253. The third-order valence-electron chi connectivity index (χ3n) is 2.19. The molecule has 0 aliphatic heterocycles. The van der Waals surface area contributed by atoms with Crippen LogP contribution in [0, 0.1) is 3.57 Å². The number of aliphatic hydroxyl groups is 2. The van der Waals surface area contributed by atoms with Crippen molar-refractivity contribution in [2.75, 3.05) is 18.5 Å². The summed E-state index contributed by atoms with van der Waals surface area (Å²) in [5.74, 6) is 0. The molecule has 0 saturated heterocycles. The summed E-state index contributed by atoms with van der Waals surface area (Å²) in [5, 5.41) is 21.0. The maximum absolute atomic E-state index is 9.22. The summed E-state index contributed by atoms with van der Waals surface area (Å²) in [6.45, 7) is 2.27. The first-order valence-electron chi connectivity index (χ1n) is 4.98. The number of aryl methyl sites for hydroxylation is 1. The molecule has 0 saturated carbocycles. The van der Waals surface area contributed by atoms with Gasteiger partial charge in [0.15, 0.2) is 0 Å². The molecular weight excluding hydrogens is 305 g/mol. The van der Waals surface area contributed by atoms with Crippen molar-refractivity contribution in [1.82, 2.24) is 0 Å². The van der Waals surface area contributed by atoms with Crippen LogP contribution in [0.15, 0.2) is 18.2 Å². The van der Waals surface area contributed by atoms with Gasteiger partial charge in [-0.15, -0.1) is 0 Å². The smallest absolute Gasteiger partial charge is 0.0942 e. The molecule has 3 N–H and O–H groups in total. The normalized spacial score (nSPS) is 12.5. The highest BCUT2D eigenvalue weighted by Crippen LogP contribution is 2.19. The zero-order valence-corrected chi connectivity index (χ0v) is 10.9. The van der Waals surface area contributed by atoms with Crippen LogP contribution in [-0.2, 0) is 6.42 Å². The van der Waals surface area contributed by atoms with Crippen molar-refractivity contribution in [2.24, 2.45) is 0 Å². The monoisotopic (exact) mass is 321 g/mol. The first kappa shape index (κ1) is 12.7. The maximum Gasteiger partial charge on any atom is 0.0942 e. The van der Waals surface area contributed by atoms with Crippen molar-refractivity contribution in [1.29, 1.82) is 0 Å². The Hall–Kier alpha value is -0.330. The maximum atomic E-state index is 9.22. The van der Waals surface area contributed by atoms with Crippen molar-refractivity contribution in [3.05, 3.63) is 27.3 Å². The van der Waals surface area contributed by atoms with Crippen molar-refractivity contribution >= 4 is 28.3 Å². The van der Waals surface area contributed by atoms with E-state index in [2.05, 4.69) is 40.9 Å². The number of nitrogens with one attached hydrogen (secondary N) is 1. The average Bonchev–Trinajstić information content (AvgIpc) is 2.26. The number of hydrogen-bond donors (Lipinski definition) is 3. The molecule has 3 nitrogen and oxygen atoms in total. The summed E-state index contributed by atoms with van der Waals surface area (Å²) in [7, 11) is 0. The minimum absolute atomic E-state index is 0.209. The average molecular weight is 321 g/mol. The van der Waals surface area contributed by atoms with Gasteiger partial charge in [-0.3, -0.25) is 0 Å². The summed E-state index contributed by atoms with van der Waals surface area (Å²) < 4.78 is 1.21. The predicted octanol–water partition coefficient (Wildman–Crippen LogP) is 1.62. The number of rotatable bonds is 5. The zero-order chi connectivity index (χ0) is 11.3. The third kappa shape index (κ3) is 3.96. The molecule has 0 spiro atoms. The van der Waals surface area contributed by atoms with Crippen LogP contribution in [0.1, 0.15) is 12.5 Å². The fourth-order valence-corrected chi connectivity index (χ4v) is 1.88. The van der Waals surface area contributed by atoms with E-state index in [1.807, 2.05) is 12.1 Å². The first-order chi connectivity index (χ1) is 7.17. The van der Waals surface area contributed by atoms with E-state index in [-0.39, 0.29) is 6.61 Å². The molecule has 1 aromatic carbocycles. The van der Waals surface area contributed by atoms with Crippen LogP contribution in [0.4, 0.5) is 5.69 Å². The molecule has 0 aromatic heterocycles. The fourth-order valence-electron chi connectivity index (χ4n) is 1.32. The Bertz CT molecular complexity index is 317. The summed E-state index contributed by atoms with van der Waals surface area (Å²) >= 11 is 2.28. The van der Waals surface area contributed by atoms with Gasteiger partial charge in [0.1, 0.15) is 0 Å². The Kier molecular flexibility index (Phi) is 5.35. The standard InChI is InChI=1S/C11H16INO2/c1-2-8-5-9(12)3-4-11(8)13-6-10(15)7-14/h3-5,10,13-15H,2,6-7H2,1H3. The van der Waals surface area contributed by atoms with E-state index in [0.29, 0.717) is 6.54 Å². The van der Waals surface area contributed by atoms with Gasteiger partial charge < -0.3 is 15.5 Å². The van der Waals surface area contributed by atoms with Crippen LogP contribution in [-0.4, -0.2) is 29.5 Å². The molecule has 1 atom stereocenters. The van der Waals surface area contributed by atoms with Gasteiger partial charge in [-0.2, -0.15) is 0 Å². The quantitative estimate of drug-likeness (QED) is 0.723. The summed E-state index contributed by atoms with van der Waals surface area (Å²) in [4.78, 5) is 0. The third-order valence-corrected chi connectivity index (χ3v) is 2.86. The van der Waals surface area contributed by atoms with E-state index in [4.69, 9.17) is 5.11 Å². The van der Waals surface area contributed by atoms with Gasteiger partial charge >= 0.3 is 0 Å². The molecule has 4 heteroatoms. The summed E-state index contributed by atoms with van der Waals surface area (Å²) in [5.41, 5.74) is 2.26. The van der Waals surface area contributed by atoms with E-state index in [1.54, 1.807) is 0 Å². The lowest BCUT2D eigenvalue weighted by atomic mass is 10.1. The predicted molar refractivity (Wildman–Crippen MR) is 70.1 cm³/mol. The molecule has 0 radical (unpaired) electrons. The zero-order valence-electron chi connectivity index (χ0n) is 8.70. The minimum Gasteiger partial charge on any atom is -0.394 e. The number of aliphatic hydroxyl groups excluding tert-OH is 2. The van der Waals surface area contributed by atoms with Gasteiger partial charge in [-0.1, -0.05) is 6.92 Å². The van der Waals surface area contributed by atoms with Crippen LogP contribution in [0.3, 0.4) is 0 Å². The van der Waals surface area contributed by atoms with E-state index in [9.17, 15) is 5.11 Å². The molecule has 84 valence electrons. The fraction of sp³-hybridized carbons (Fsp3) is 0.455. The van der Waals surface area contributed by atoms with Gasteiger partial charge in [0.05, 0.1) is 12.7 Å². The second-order valence-corrected chi connectivity index (χ2v) is 4.62. The van der Waals surface area contributed by atoms with Crippen molar-refractivity contribution in [3.8, 4) is 0 Å². The molecule has 0 aliphatic carbocycles. The molecule has 0 amide bonds. The molecule has 0 fully saturated rings. The van der Waals surface area contributed by atoms with Crippen molar-refractivity contribution in [3.63, 3.8) is 0 Å². The summed E-state index contributed by atoms with van der Waals surface area (Å²) in [6, 6.07) is 6.15. The highest BCUT2D eigenvalue weighted by atomic mass is 127. The van der Waals surface area contributed by atoms with Crippen molar-refractivity contribution < 1.29 is 10.2 Å². The second kappa shape index (κ2) is 6.30. The Morgan fingerprint density at radius 2 is 2.20 bits per heavy atom. The Labute approximate surface area is 104 Å². The molecule has 1 aromatic rings. The molecule has 0 aliphatic rings. The SMILES string of the molecule is CCc1cc(I)ccc1NCC(O)CO. The lowest BCUT2D eigenvalue weighted by Crippen LogP contribution is -2.23. The van der Waals surface area contributed by atoms with E-state index >= 15 is 0 Å². The number of anilines is 1. The lowest BCUT2D eigenvalue weighted by Gasteiger charge is -2.13. The Balaban J connectivity index is 2.67. The first-order valence-corrected chi connectivity index (χ1v) is 6.06. The number of hydrogen-bond acceptors (Lipinski definition) is 3. The Morgan fingerprint density at radius 1 is 1.47 bits per heavy atom. The van der Waals surface area contributed by atoms with Crippen LogP contribution in [0.5, 0.6) is 0 Å². The van der Waals surface area contributed by atoms with Gasteiger partial charge in [-0.05, 0) is 52.8 Å². The number of benzene rings is 1. The molecule has 0 bridgehead atoms. The number of halogens is 1. The largest absolute Gasteiger partial charge is 0.394 e. The second-order valence-electron chi connectivity index (χ2n) is 3.37. The van der Waals surface area contributed by atoms with Gasteiger partial charge in [-0.25, -0.2) is 0 Å². The van der Waals surface area contributed by atoms with E-state index in [1.165, 1.54) is 9.13 Å². The van der Waals surface area contributed by atoms with Crippen molar-refractivity contribution in [2.45, 2.75) is 19.4 Å². The topological polar surface area (TPSA) is 52.5 Å². The van der Waals surface area contributed by atoms with E-state index in [0.717, 1.165) is 12.1 Å². The van der Waals surface area contributed by atoms with Crippen LogP contribution in [0.25, 0.3) is 0 Å². The van der Waals surface area contributed by atoms with Crippen LogP contribution in [0.2, 0.25) is 0 Å². The molecular formula is C11H16INO2.